The number of benzene rings is 1. The van der Waals surface area contributed by atoms with Crippen LogP contribution in [0.4, 0.5) is 5.69 Å². The first kappa shape index (κ1) is 18.0. The third-order valence-corrected chi connectivity index (χ3v) is 4.65. The van der Waals surface area contributed by atoms with E-state index in [1.165, 1.54) is 0 Å². The molecule has 1 aromatic carbocycles. The van der Waals surface area contributed by atoms with Crippen molar-refractivity contribution in [2.24, 2.45) is 5.92 Å². The fourth-order valence-electron chi connectivity index (χ4n) is 3.15. The summed E-state index contributed by atoms with van der Waals surface area (Å²) in [5.74, 6) is -0.147. The summed E-state index contributed by atoms with van der Waals surface area (Å²) in [5.41, 5.74) is 0.804. The van der Waals surface area contributed by atoms with Gasteiger partial charge in [-0.1, -0.05) is 11.6 Å². The molecule has 3 rings (SSSR count). The van der Waals surface area contributed by atoms with Gasteiger partial charge in [-0.3, -0.25) is 9.59 Å². The molecule has 2 unspecified atom stereocenters. The molecular formula is C16H21Cl2N3O2. The SMILES string of the molecule is CC1CNCCN1C(=O)C1CC(=O)N(c2ccc(Cl)cc2)C1.Cl. The van der Waals surface area contributed by atoms with Gasteiger partial charge in [0.2, 0.25) is 11.8 Å². The maximum atomic E-state index is 12.7. The van der Waals surface area contributed by atoms with Crippen LogP contribution in [-0.2, 0) is 9.59 Å². The van der Waals surface area contributed by atoms with Crippen LogP contribution in [0.2, 0.25) is 5.02 Å². The summed E-state index contributed by atoms with van der Waals surface area (Å²) in [4.78, 5) is 28.5. The van der Waals surface area contributed by atoms with Crippen molar-refractivity contribution in [1.29, 1.82) is 0 Å². The number of nitrogens with one attached hydrogen (secondary N) is 1. The van der Waals surface area contributed by atoms with E-state index in [0.717, 1.165) is 18.8 Å². The first-order valence-electron chi connectivity index (χ1n) is 7.63. The quantitative estimate of drug-likeness (QED) is 0.879. The number of halogens is 2. The molecule has 5 nitrogen and oxygen atoms in total. The Morgan fingerprint density at radius 1 is 1.30 bits per heavy atom. The molecule has 7 heteroatoms. The van der Waals surface area contributed by atoms with Crippen molar-refractivity contribution < 1.29 is 9.59 Å². The standard InChI is InChI=1S/C16H20ClN3O2.ClH/c1-11-9-18-6-7-19(11)16(22)12-8-15(21)20(10-12)14-4-2-13(17)3-5-14;/h2-5,11-12,18H,6-10H2,1H3;1H. The van der Waals surface area contributed by atoms with E-state index < -0.39 is 0 Å². The zero-order valence-electron chi connectivity index (χ0n) is 13.0. The first-order chi connectivity index (χ1) is 10.6. The molecule has 1 aromatic rings. The zero-order chi connectivity index (χ0) is 15.7. The monoisotopic (exact) mass is 357 g/mol. The number of anilines is 1. The van der Waals surface area contributed by atoms with Gasteiger partial charge in [0.05, 0.1) is 5.92 Å². The Morgan fingerprint density at radius 3 is 2.65 bits per heavy atom. The molecule has 126 valence electrons. The molecule has 2 atom stereocenters. The molecular weight excluding hydrogens is 337 g/mol. The normalized spacial score (nSPS) is 24.5. The lowest BCUT2D eigenvalue weighted by molar-refractivity contribution is -0.138. The van der Waals surface area contributed by atoms with Crippen molar-refractivity contribution in [3.63, 3.8) is 0 Å². The second-order valence-electron chi connectivity index (χ2n) is 5.97. The van der Waals surface area contributed by atoms with E-state index in [1.54, 1.807) is 17.0 Å². The lowest BCUT2D eigenvalue weighted by Gasteiger charge is -2.35. The lowest BCUT2D eigenvalue weighted by atomic mass is 10.1. The van der Waals surface area contributed by atoms with E-state index in [1.807, 2.05) is 24.0 Å². The minimum Gasteiger partial charge on any atom is -0.337 e. The maximum absolute atomic E-state index is 12.7. The zero-order valence-corrected chi connectivity index (χ0v) is 14.6. The smallest absolute Gasteiger partial charge is 0.228 e. The van der Waals surface area contributed by atoms with E-state index in [0.29, 0.717) is 18.1 Å². The largest absolute Gasteiger partial charge is 0.337 e. The number of hydrogen-bond donors (Lipinski definition) is 1. The molecule has 0 spiro atoms. The number of amides is 2. The molecule has 0 saturated carbocycles. The molecule has 2 heterocycles. The highest BCUT2D eigenvalue weighted by Gasteiger charge is 2.38. The Hall–Kier alpha value is -1.30. The highest BCUT2D eigenvalue weighted by atomic mass is 35.5. The van der Waals surface area contributed by atoms with Crippen LogP contribution in [0.1, 0.15) is 13.3 Å². The molecule has 1 N–H and O–H groups in total. The molecule has 23 heavy (non-hydrogen) atoms. The fraction of sp³-hybridized carbons (Fsp3) is 0.500. The third kappa shape index (κ3) is 3.79. The third-order valence-electron chi connectivity index (χ3n) is 4.40. The van der Waals surface area contributed by atoms with Crippen molar-refractivity contribution in [2.75, 3.05) is 31.1 Å². The van der Waals surface area contributed by atoms with Crippen LogP contribution >= 0.6 is 24.0 Å². The molecule has 0 radical (unpaired) electrons. The summed E-state index contributed by atoms with van der Waals surface area (Å²) in [5, 5.41) is 3.91. The molecule has 0 aliphatic carbocycles. The Balaban J connectivity index is 0.00000192. The van der Waals surface area contributed by atoms with E-state index in [2.05, 4.69) is 5.32 Å². The molecule has 0 aromatic heterocycles. The molecule has 2 amide bonds. The van der Waals surface area contributed by atoms with E-state index in [9.17, 15) is 9.59 Å². The number of hydrogen-bond acceptors (Lipinski definition) is 3. The van der Waals surface area contributed by atoms with Gasteiger partial charge in [0.1, 0.15) is 0 Å². The van der Waals surface area contributed by atoms with Crippen LogP contribution < -0.4 is 10.2 Å². The summed E-state index contributed by atoms with van der Waals surface area (Å²) in [7, 11) is 0. The van der Waals surface area contributed by atoms with E-state index in [4.69, 9.17) is 11.6 Å². The van der Waals surface area contributed by atoms with Crippen LogP contribution in [0.25, 0.3) is 0 Å². The highest BCUT2D eigenvalue weighted by Crippen LogP contribution is 2.27. The van der Waals surface area contributed by atoms with Crippen molar-refractivity contribution in [3.8, 4) is 0 Å². The highest BCUT2D eigenvalue weighted by molar-refractivity contribution is 6.30. The fourth-order valence-corrected chi connectivity index (χ4v) is 3.27. The average molecular weight is 358 g/mol. The number of carbonyl (C=O) groups excluding carboxylic acids is 2. The minimum absolute atomic E-state index is 0. The number of piperazine rings is 1. The molecule has 2 aliphatic heterocycles. The first-order valence-corrected chi connectivity index (χ1v) is 8.01. The summed E-state index contributed by atoms with van der Waals surface area (Å²) < 4.78 is 0. The molecule has 0 bridgehead atoms. The second-order valence-corrected chi connectivity index (χ2v) is 6.40. The van der Waals surface area contributed by atoms with Gasteiger partial charge < -0.3 is 15.1 Å². The molecule has 2 fully saturated rings. The Bertz CT molecular complexity index is 579. The van der Waals surface area contributed by atoms with Gasteiger partial charge in [0.25, 0.3) is 0 Å². The Labute approximate surface area is 147 Å². The predicted octanol–water partition coefficient (Wildman–Crippen LogP) is 1.94. The summed E-state index contributed by atoms with van der Waals surface area (Å²) in [6.07, 6.45) is 0.290. The number of rotatable bonds is 2. The Morgan fingerprint density at radius 2 is 2.00 bits per heavy atom. The van der Waals surface area contributed by atoms with Crippen molar-refractivity contribution >= 4 is 41.5 Å². The van der Waals surface area contributed by atoms with Crippen LogP contribution in [0.3, 0.4) is 0 Å². The maximum Gasteiger partial charge on any atom is 0.228 e. The molecule has 2 aliphatic rings. The lowest BCUT2D eigenvalue weighted by Crippen LogP contribution is -2.54. The predicted molar refractivity (Wildman–Crippen MR) is 93.2 cm³/mol. The van der Waals surface area contributed by atoms with Crippen LogP contribution in [0, 0.1) is 5.92 Å². The van der Waals surface area contributed by atoms with Crippen molar-refractivity contribution in [3.05, 3.63) is 29.3 Å². The Kier molecular flexibility index (Phi) is 5.89. The van der Waals surface area contributed by atoms with Crippen LogP contribution in [0.5, 0.6) is 0 Å². The van der Waals surface area contributed by atoms with E-state index in [-0.39, 0.29) is 42.6 Å². The van der Waals surface area contributed by atoms with Gasteiger partial charge in [0.15, 0.2) is 0 Å². The minimum atomic E-state index is -0.247. The van der Waals surface area contributed by atoms with Gasteiger partial charge in [-0.25, -0.2) is 0 Å². The summed E-state index contributed by atoms with van der Waals surface area (Å²) in [6, 6.07) is 7.34. The topological polar surface area (TPSA) is 52.7 Å². The van der Waals surface area contributed by atoms with Crippen LogP contribution in [0.15, 0.2) is 24.3 Å². The van der Waals surface area contributed by atoms with Gasteiger partial charge in [-0.05, 0) is 31.2 Å². The average Bonchev–Trinajstić information content (AvgIpc) is 2.90. The van der Waals surface area contributed by atoms with Crippen LogP contribution in [-0.4, -0.2) is 48.9 Å². The van der Waals surface area contributed by atoms with Gasteiger partial charge >= 0.3 is 0 Å². The molecule has 2 saturated heterocycles. The number of carbonyl (C=O) groups is 2. The van der Waals surface area contributed by atoms with Crippen molar-refractivity contribution in [1.82, 2.24) is 10.2 Å². The summed E-state index contributed by atoms with van der Waals surface area (Å²) in [6.45, 7) is 4.84. The van der Waals surface area contributed by atoms with Crippen molar-refractivity contribution in [2.45, 2.75) is 19.4 Å². The number of nitrogens with zero attached hydrogens (tertiary/aromatic N) is 2. The van der Waals surface area contributed by atoms with Gasteiger partial charge in [0, 0.05) is 49.4 Å². The van der Waals surface area contributed by atoms with Gasteiger partial charge in [-0.15, -0.1) is 12.4 Å². The summed E-state index contributed by atoms with van der Waals surface area (Å²) >= 11 is 5.88. The second kappa shape index (κ2) is 7.51. The van der Waals surface area contributed by atoms with E-state index >= 15 is 0 Å². The van der Waals surface area contributed by atoms with Gasteiger partial charge in [-0.2, -0.15) is 0 Å².